The summed E-state index contributed by atoms with van der Waals surface area (Å²) in [5.74, 6) is 2.18. The molecule has 1 saturated heterocycles. The minimum absolute atomic E-state index is 0.135. The van der Waals surface area contributed by atoms with Crippen molar-refractivity contribution in [3.63, 3.8) is 0 Å². The summed E-state index contributed by atoms with van der Waals surface area (Å²) in [6.45, 7) is 3.19. The Morgan fingerprint density at radius 2 is 1.78 bits per heavy atom. The second-order valence-corrected chi connectivity index (χ2v) is 10.3. The fourth-order valence-corrected chi connectivity index (χ4v) is 5.41. The van der Waals surface area contributed by atoms with Gasteiger partial charge in [0.1, 0.15) is 17.2 Å². The molecule has 0 saturated carbocycles. The number of aromatic nitrogens is 1. The number of hydrogen-bond donors (Lipinski definition) is 2. The molecule has 0 aliphatic carbocycles. The molecular formula is C32H35F3N4O2. The number of alkyl halides is 3. The highest BCUT2D eigenvalue weighted by Gasteiger charge is 2.36. The number of nitrogens with zero attached hydrogens (tertiary/aromatic N) is 2. The first-order chi connectivity index (χ1) is 19.8. The van der Waals surface area contributed by atoms with Crippen molar-refractivity contribution in [3.8, 4) is 17.2 Å². The number of aryl methyl sites for hydroxylation is 1. The minimum atomic E-state index is -4.42. The summed E-state index contributed by atoms with van der Waals surface area (Å²) in [6, 6.07) is 18.2. The molecule has 3 aromatic carbocycles. The highest BCUT2D eigenvalue weighted by molar-refractivity contribution is 5.87. The van der Waals surface area contributed by atoms with E-state index in [1.165, 1.54) is 6.07 Å². The smallest absolute Gasteiger partial charge is 0.418 e. The van der Waals surface area contributed by atoms with Crippen LogP contribution in [0.2, 0.25) is 0 Å². The largest absolute Gasteiger partial charge is 0.496 e. The Kier molecular flexibility index (Phi) is 8.42. The second-order valence-electron chi connectivity index (χ2n) is 10.3. The summed E-state index contributed by atoms with van der Waals surface area (Å²) in [6.07, 6.45) is 0.670. The van der Waals surface area contributed by atoms with Gasteiger partial charge in [0.25, 0.3) is 0 Å². The van der Waals surface area contributed by atoms with Gasteiger partial charge in [-0.05, 0) is 73.4 Å². The maximum atomic E-state index is 13.8. The average Bonchev–Trinajstić information content (AvgIpc) is 2.97. The Morgan fingerprint density at radius 1 is 0.976 bits per heavy atom. The number of pyridine rings is 1. The maximum Gasteiger partial charge on any atom is 0.418 e. The summed E-state index contributed by atoms with van der Waals surface area (Å²) in [5, 5.41) is 7.22. The van der Waals surface area contributed by atoms with E-state index >= 15 is 0 Å². The van der Waals surface area contributed by atoms with Crippen LogP contribution in [-0.4, -0.2) is 38.3 Å². The van der Waals surface area contributed by atoms with Crippen LogP contribution in [0.25, 0.3) is 10.9 Å². The van der Waals surface area contributed by atoms with Crippen molar-refractivity contribution in [1.29, 1.82) is 0 Å². The number of rotatable bonds is 9. The fourth-order valence-electron chi connectivity index (χ4n) is 5.41. The van der Waals surface area contributed by atoms with Crippen LogP contribution in [-0.2, 0) is 12.6 Å². The molecule has 4 aromatic rings. The lowest BCUT2D eigenvalue weighted by Crippen LogP contribution is -2.40. The number of benzene rings is 3. The summed E-state index contributed by atoms with van der Waals surface area (Å²) < 4.78 is 53.2. The Hall–Kier alpha value is -4.14. The summed E-state index contributed by atoms with van der Waals surface area (Å²) in [4.78, 5) is 6.36. The van der Waals surface area contributed by atoms with E-state index in [0.717, 1.165) is 40.7 Å². The van der Waals surface area contributed by atoms with Gasteiger partial charge in [-0.25, -0.2) is 0 Å². The molecule has 5 rings (SSSR count). The highest BCUT2D eigenvalue weighted by atomic mass is 19.4. The van der Waals surface area contributed by atoms with Crippen LogP contribution in [0.1, 0.15) is 37.3 Å². The van der Waals surface area contributed by atoms with Gasteiger partial charge in [-0.1, -0.05) is 19.4 Å². The van der Waals surface area contributed by atoms with Gasteiger partial charge >= 0.3 is 6.18 Å². The second kappa shape index (κ2) is 12.2. The third kappa shape index (κ3) is 6.45. The van der Waals surface area contributed by atoms with Crippen molar-refractivity contribution in [2.45, 2.75) is 44.8 Å². The van der Waals surface area contributed by atoms with Crippen molar-refractivity contribution in [2.75, 3.05) is 42.8 Å². The lowest BCUT2D eigenvalue weighted by molar-refractivity contribution is -0.137. The van der Waals surface area contributed by atoms with E-state index in [2.05, 4.69) is 28.6 Å². The molecule has 216 valence electrons. The number of halogens is 3. The molecule has 41 heavy (non-hydrogen) atoms. The Balaban J connectivity index is 1.27. The van der Waals surface area contributed by atoms with Crippen LogP contribution >= 0.6 is 0 Å². The fraction of sp³-hybridized carbons (Fsp3) is 0.344. The standard InChI is InChI=1S/C32H35F3N4O2/c1-4-6-21-17-28-26(20-31(21)40-3)30(11-14-37-28)41-25-8-5-7-24(18-25)38-22-12-15-39(16-13-22)29-10-9-23(36-2)19-27(29)32(33,34)35/h5,7-11,14,17-20,22,36,38H,4,6,12-13,15-16H2,1-3H3. The predicted octanol–water partition coefficient (Wildman–Crippen LogP) is 8.13. The van der Waals surface area contributed by atoms with E-state index in [1.807, 2.05) is 41.3 Å². The van der Waals surface area contributed by atoms with Gasteiger partial charge in [0.15, 0.2) is 0 Å². The zero-order chi connectivity index (χ0) is 29.0. The number of anilines is 3. The Morgan fingerprint density at radius 3 is 2.49 bits per heavy atom. The van der Waals surface area contributed by atoms with Crippen LogP contribution in [0.3, 0.4) is 0 Å². The molecule has 0 amide bonds. The van der Waals surface area contributed by atoms with Gasteiger partial charge in [0.2, 0.25) is 0 Å². The zero-order valence-electron chi connectivity index (χ0n) is 23.5. The van der Waals surface area contributed by atoms with Gasteiger partial charge < -0.3 is 25.0 Å². The van der Waals surface area contributed by atoms with E-state index in [4.69, 9.17) is 9.47 Å². The van der Waals surface area contributed by atoms with Crippen molar-refractivity contribution < 1.29 is 22.6 Å². The van der Waals surface area contributed by atoms with Gasteiger partial charge in [-0.3, -0.25) is 4.98 Å². The molecule has 0 unspecified atom stereocenters. The third-order valence-electron chi connectivity index (χ3n) is 7.48. The van der Waals surface area contributed by atoms with Crippen LogP contribution in [0, 0.1) is 0 Å². The van der Waals surface area contributed by atoms with E-state index in [-0.39, 0.29) is 11.7 Å². The first-order valence-corrected chi connectivity index (χ1v) is 13.9. The van der Waals surface area contributed by atoms with E-state index < -0.39 is 11.7 Å². The molecule has 2 heterocycles. The van der Waals surface area contributed by atoms with Gasteiger partial charge in [0.05, 0.1) is 18.2 Å². The molecular weight excluding hydrogens is 529 g/mol. The molecule has 1 fully saturated rings. The number of hydrogen-bond acceptors (Lipinski definition) is 6. The minimum Gasteiger partial charge on any atom is -0.496 e. The summed E-state index contributed by atoms with van der Waals surface area (Å²) in [7, 11) is 3.29. The van der Waals surface area contributed by atoms with E-state index in [1.54, 1.807) is 32.5 Å². The average molecular weight is 565 g/mol. The molecule has 0 bridgehead atoms. The first-order valence-electron chi connectivity index (χ1n) is 13.9. The number of piperidine rings is 1. The van der Waals surface area contributed by atoms with Crippen molar-refractivity contribution in [2.24, 2.45) is 0 Å². The highest BCUT2D eigenvalue weighted by Crippen LogP contribution is 2.39. The van der Waals surface area contributed by atoms with Crippen LogP contribution in [0.4, 0.5) is 30.2 Å². The SMILES string of the molecule is CCCc1cc2nccc(Oc3cccc(NC4CCN(c5ccc(NC)cc5C(F)(F)F)CC4)c3)c2cc1OC. The molecule has 1 aliphatic heterocycles. The quantitative estimate of drug-likeness (QED) is 0.214. The van der Waals surface area contributed by atoms with Gasteiger partial charge in [-0.15, -0.1) is 0 Å². The van der Waals surface area contributed by atoms with Crippen LogP contribution in [0.15, 0.2) is 66.9 Å². The molecule has 1 aliphatic rings. The lowest BCUT2D eigenvalue weighted by atomic mass is 10.0. The number of ether oxygens (including phenoxy) is 2. The Bertz CT molecular complexity index is 1500. The maximum absolute atomic E-state index is 13.8. The normalized spacial score (nSPS) is 14.2. The topological polar surface area (TPSA) is 58.7 Å². The van der Waals surface area contributed by atoms with Gasteiger partial charge in [-0.2, -0.15) is 13.2 Å². The zero-order valence-corrected chi connectivity index (χ0v) is 23.5. The van der Waals surface area contributed by atoms with Crippen molar-refractivity contribution in [3.05, 3.63) is 78.0 Å². The predicted molar refractivity (Wildman–Crippen MR) is 159 cm³/mol. The van der Waals surface area contributed by atoms with Crippen LogP contribution in [0.5, 0.6) is 17.2 Å². The van der Waals surface area contributed by atoms with Crippen molar-refractivity contribution in [1.82, 2.24) is 4.98 Å². The summed E-state index contributed by atoms with van der Waals surface area (Å²) >= 11 is 0. The van der Waals surface area contributed by atoms with E-state index in [9.17, 15) is 13.2 Å². The molecule has 1 aromatic heterocycles. The molecule has 0 radical (unpaired) electrons. The molecule has 0 atom stereocenters. The molecule has 6 nitrogen and oxygen atoms in total. The van der Waals surface area contributed by atoms with Gasteiger partial charge in [0, 0.05) is 60.9 Å². The van der Waals surface area contributed by atoms with Crippen molar-refractivity contribution >= 4 is 28.0 Å². The molecule has 2 N–H and O–H groups in total. The molecule has 9 heteroatoms. The van der Waals surface area contributed by atoms with E-state index in [0.29, 0.717) is 43.1 Å². The first kappa shape index (κ1) is 28.4. The molecule has 0 spiro atoms. The third-order valence-corrected chi connectivity index (χ3v) is 7.48. The number of fused-ring (bicyclic) bond motifs is 1. The Labute approximate surface area is 238 Å². The summed E-state index contributed by atoms with van der Waals surface area (Å²) in [5.41, 5.74) is 2.93. The lowest BCUT2D eigenvalue weighted by Gasteiger charge is -2.35. The number of methoxy groups -OCH3 is 1. The van der Waals surface area contributed by atoms with Crippen LogP contribution < -0.4 is 25.0 Å². The number of nitrogens with one attached hydrogen (secondary N) is 2. The monoisotopic (exact) mass is 564 g/mol.